The molecule has 0 saturated carbocycles. The Kier molecular flexibility index (Phi) is 5.82. The molecule has 0 bridgehead atoms. The van der Waals surface area contributed by atoms with E-state index in [9.17, 15) is 14.4 Å². The Balaban J connectivity index is 1.57. The van der Waals surface area contributed by atoms with Gasteiger partial charge < -0.3 is 14.5 Å². The first kappa shape index (κ1) is 19.4. The normalized spacial score (nSPS) is 21.2. The number of hydrogen-bond acceptors (Lipinski definition) is 5. The molecule has 0 unspecified atom stereocenters. The van der Waals surface area contributed by atoms with E-state index in [4.69, 9.17) is 4.74 Å². The highest BCUT2D eigenvalue weighted by molar-refractivity contribution is 6.00. The average Bonchev–Trinajstić information content (AvgIpc) is 3.28. The molecule has 0 aromatic carbocycles. The van der Waals surface area contributed by atoms with Crippen molar-refractivity contribution in [2.45, 2.75) is 46.1 Å². The van der Waals surface area contributed by atoms with Gasteiger partial charge in [0, 0.05) is 38.3 Å². The summed E-state index contributed by atoms with van der Waals surface area (Å²) >= 11 is 0. The zero-order chi connectivity index (χ0) is 19.6. The predicted octanol–water partition coefficient (Wildman–Crippen LogP) is 1.62. The van der Waals surface area contributed by atoms with E-state index in [1.807, 2.05) is 20.0 Å². The summed E-state index contributed by atoms with van der Waals surface area (Å²) in [7, 11) is 0. The number of nitrogens with zero attached hydrogens (tertiary/aromatic N) is 4. The molecule has 2 amide bonds. The monoisotopic (exact) mass is 376 g/mol. The number of hydrogen-bond donors (Lipinski definition) is 0. The van der Waals surface area contributed by atoms with Gasteiger partial charge in [-0.1, -0.05) is 0 Å². The molecule has 2 aliphatic heterocycles. The smallest absolute Gasteiger partial charge is 0.309 e. The van der Waals surface area contributed by atoms with Crippen LogP contribution in [0.25, 0.3) is 0 Å². The topological polar surface area (TPSA) is 84.7 Å². The SMILES string of the molecule is CCOC(=O)C1CCN(C(=O)[C@H]2CC(=O)N(c3cnn(C(C)C)c3)C2)CC1. The van der Waals surface area contributed by atoms with Crippen LogP contribution in [-0.2, 0) is 19.1 Å². The molecule has 3 heterocycles. The molecule has 1 aromatic heterocycles. The molecule has 1 atom stereocenters. The maximum atomic E-state index is 12.8. The summed E-state index contributed by atoms with van der Waals surface area (Å²) in [6, 6.07) is 0.217. The highest BCUT2D eigenvalue weighted by atomic mass is 16.5. The van der Waals surface area contributed by atoms with Gasteiger partial charge in [-0.2, -0.15) is 5.10 Å². The Labute approximate surface area is 159 Å². The summed E-state index contributed by atoms with van der Waals surface area (Å²) in [5, 5.41) is 4.28. The van der Waals surface area contributed by atoms with Crippen LogP contribution in [-0.4, -0.2) is 58.7 Å². The lowest BCUT2D eigenvalue weighted by Crippen LogP contribution is -2.44. The zero-order valence-electron chi connectivity index (χ0n) is 16.3. The largest absolute Gasteiger partial charge is 0.466 e. The molecular formula is C19H28N4O4. The lowest BCUT2D eigenvalue weighted by atomic mass is 9.95. The van der Waals surface area contributed by atoms with Gasteiger partial charge in [-0.3, -0.25) is 19.1 Å². The fraction of sp³-hybridized carbons (Fsp3) is 0.684. The van der Waals surface area contributed by atoms with Gasteiger partial charge in [-0.15, -0.1) is 0 Å². The Bertz CT molecular complexity index is 706. The number of anilines is 1. The van der Waals surface area contributed by atoms with Crippen LogP contribution in [0.2, 0.25) is 0 Å². The predicted molar refractivity (Wildman–Crippen MR) is 99.0 cm³/mol. The molecule has 27 heavy (non-hydrogen) atoms. The molecule has 8 heteroatoms. The molecule has 0 radical (unpaired) electrons. The van der Waals surface area contributed by atoms with Crippen LogP contribution in [0, 0.1) is 11.8 Å². The first-order valence-electron chi connectivity index (χ1n) is 9.70. The average molecular weight is 376 g/mol. The lowest BCUT2D eigenvalue weighted by molar-refractivity contribution is -0.151. The third kappa shape index (κ3) is 4.14. The van der Waals surface area contributed by atoms with E-state index >= 15 is 0 Å². The van der Waals surface area contributed by atoms with E-state index in [0.717, 1.165) is 5.69 Å². The molecule has 2 saturated heterocycles. The molecule has 2 aliphatic rings. The second kappa shape index (κ2) is 8.10. The van der Waals surface area contributed by atoms with Crippen LogP contribution in [0.5, 0.6) is 0 Å². The van der Waals surface area contributed by atoms with Crippen molar-refractivity contribution in [1.82, 2.24) is 14.7 Å². The van der Waals surface area contributed by atoms with Crippen LogP contribution in [0.1, 0.15) is 46.1 Å². The van der Waals surface area contributed by atoms with Gasteiger partial charge in [0.05, 0.1) is 30.3 Å². The molecule has 8 nitrogen and oxygen atoms in total. The van der Waals surface area contributed by atoms with Gasteiger partial charge in [0.1, 0.15) is 0 Å². The van der Waals surface area contributed by atoms with E-state index in [0.29, 0.717) is 39.1 Å². The molecule has 0 N–H and O–H groups in total. The first-order chi connectivity index (χ1) is 12.9. The summed E-state index contributed by atoms with van der Waals surface area (Å²) < 4.78 is 6.87. The van der Waals surface area contributed by atoms with Crippen molar-refractivity contribution in [3.63, 3.8) is 0 Å². The highest BCUT2D eigenvalue weighted by Crippen LogP contribution is 2.28. The van der Waals surface area contributed by atoms with Gasteiger partial charge in [0.25, 0.3) is 0 Å². The summed E-state index contributed by atoms with van der Waals surface area (Å²) in [6.45, 7) is 7.69. The van der Waals surface area contributed by atoms with Gasteiger partial charge in [-0.05, 0) is 33.6 Å². The van der Waals surface area contributed by atoms with Gasteiger partial charge in [0.15, 0.2) is 0 Å². The van der Waals surface area contributed by atoms with Gasteiger partial charge >= 0.3 is 5.97 Å². The maximum absolute atomic E-state index is 12.8. The molecule has 1 aromatic rings. The second-order valence-corrected chi connectivity index (χ2v) is 7.53. The van der Waals surface area contributed by atoms with E-state index in [-0.39, 0.29) is 42.1 Å². The van der Waals surface area contributed by atoms with Crippen molar-refractivity contribution in [2.75, 3.05) is 31.1 Å². The van der Waals surface area contributed by atoms with Crippen molar-refractivity contribution >= 4 is 23.5 Å². The molecule has 0 spiro atoms. The molecule has 0 aliphatic carbocycles. The van der Waals surface area contributed by atoms with Crippen molar-refractivity contribution in [3.05, 3.63) is 12.4 Å². The number of amides is 2. The quantitative estimate of drug-likeness (QED) is 0.729. The van der Waals surface area contributed by atoms with Crippen LogP contribution in [0.4, 0.5) is 5.69 Å². The summed E-state index contributed by atoms with van der Waals surface area (Å²) in [4.78, 5) is 40.5. The van der Waals surface area contributed by atoms with Crippen molar-refractivity contribution in [2.24, 2.45) is 11.8 Å². The van der Waals surface area contributed by atoms with Crippen LogP contribution in [0.3, 0.4) is 0 Å². The standard InChI is InChI=1S/C19H28N4O4/c1-4-27-19(26)14-5-7-21(8-6-14)18(25)15-9-17(24)22(11-15)16-10-20-23(12-16)13(2)3/h10,12-15H,4-9,11H2,1-3H3/t15-/m0/s1. The van der Waals surface area contributed by atoms with Crippen LogP contribution >= 0.6 is 0 Å². The minimum atomic E-state index is -0.334. The van der Waals surface area contributed by atoms with Crippen LogP contribution < -0.4 is 4.90 Å². The Morgan fingerprint density at radius 1 is 1.26 bits per heavy atom. The second-order valence-electron chi connectivity index (χ2n) is 7.53. The fourth-order valence-electron chi connectivity index (χ4n) is 3.73. The Morgan fingerprint density at radius 2 is 1.96 bits per heavy atom. The van der Waals surface area contributed by atoms with Crippen molar-refractivity contribution in [1.29, 1.82) is 0 Å². The van der Waals surface area contributed by atoms with E-state index in [1.165, 1.54) is 0 Å². The van der Waals surface area contributed by atoms with Gasteiger partial charge in [0.2, 0.25) is 11.8 Å². The first-order valence-corrected chi connectivity index (χ1v) is 9.70. The number of piperidine rings is 1. The lowest BCUT2D eigenvalue weighted by Gasteiger charge is -2.32. The third-order valence-corrected chi connectivity index (χ3v) is 5.33. The minimum absolute atomic E-state index is 0.00408. The molecular weight excluding hydrogens is 348 g/mol. The third-order valence-electron chi connectivity index (χ3n) is 5.33. The van der Waals surface area contributed by atoms with E-state index in [2.05, 4.69) is 5.10 Å². The Morgan fingerprint density at radius 3 is 2.56 bits per heavy atom. The molecule has 148 valence electrons. The number of carbonyl (C=O) groups excluding carboxylic acids is 3. The number of likely N-dealkylation sites (tertiary alicyclic amines) is 1. The van der Waals surface area contributed by atoms with Crippen molar-refractivity contribution < 1.29 is 19.1 Å². The number of esters is 1. The fourth-order valence-corrected chi connectivity index (χ4v) is 3.73. The van der Waals surface area contributed by atoms with Crippen LogP contribution in [0.15, 0.2) is 12.4 Å². The highest BCUT2D eigenvalue weighted by Gasteiger charge is 2.39. The number of aromatic nitrogens is 2. The van der Waals surface area contributed by atoms with E-state index < -0.39 is 0 Å². The zero-order valence-corrected chi connectivity index (χ0v) is 16.3. The molecule has 2 fully saturated rings. The van der Waals surface area contributed by atoms with E-state index in [1.54, 1.807) is 27.6 Å². The maximum Gasteiger partial charge on any atom is 0.309 e. The summed E-state index contributed by atoms with van der Waals surface area (Å²) in [5.74, 6) is -0.673. The Hall–Kier alpha value is -2.38. The molecule has 3 rings (SSSR count). The van der Waals surface area contributed by atoms with Crippen molar-refractivity contribution in [3.8, 4) is 0 Å². The number of rotatable bonds is 5. The number of carbonyl (C=O) groups is 3. The van der Waals surface area contributed by atoms with Gasteiger partial charge in [-0.25, -0.2) is 0 Å². The number of ether oxygens (including phenoxy) is 1. The minimum Gasteiger partial charge on any atom is -0.466 e. The summed E-state index contributed by atoms with van der Waals surface area (Å²) in [6.07, 6.45) is 4.99. The summed E-state index contributed by atoms with van der Waals surface area (Å²) in [5.41, 5.74) is 0.741.